The van der Waals surface area contributed by atoms with Gasteiger partial charge in [-0.25, -0.2) is 0 Å². The van der Waals surface area contributed by atoms with Crippen molar-refractivity contribution in [1.29, 1.82) is 0 Å². The zero-order valence-electron chi connectivity index (χ0n) is 28.1. The van der Waals surface area contributed by atoms with Crippen LogP contribution in [-0.2, 0) is 13.1 Å². The van der Waals surface area contributed by atoms with Crippen molar-refractivity contribution >= 4 is 21.5 Å². The van der Waals surface area contributed by atoms with Crippen LogP contribution in [0, 0.1) is 34.5 Å². The molecule has 0 aromatic heterocycles. The highest BCUT2D eigenvalue weighted by atomic mass is 15.1. The fraction of sp³-hybridized carbons (Fsp3) is 0.333. The molecule has 0 aliphatic rings. The van der Waals surface area contributed by atoms with Crippen LogP contribution in [0.1, 0.15) is 52.7 Å². The molecule has 0 atom stereocenters. The van der Waals surface area contributed by atoms with Gasteiger partial charge in [0.25, 0.3) is 0 Å². The standard InChI is InChI=1S/2C21H25N/c2*1-21(2,3)15-8-5-9-16-22(4)17-19-13-10-12-18-11-6-7-14-20(18)19/h2*5-7,9-14H,16-17H2,1-4H3/b2*9-5+. The molecular formula is C42H50N2. The summed E-state index contributed by atoms with van der Waals surface area (Å²) in [4.78, 5) is 4.61. The Morgan fingerprint density at radius 3 is 1.27 bits per heavy atom. The third kappa shape index (κ3) is 12.7. The number of fused-ring (bicyclic) bond motifs is 2. The van der Waals surface area contributed by atoms with Gasteiger partial charge in [-0.05, 0) is 100 Å². The lowest BCUT2D eigenvalue weighted by Crippen LogP contribution is -2.17. The number of nitrogens with zero attached hydrogens (tertiary/aromatic N) is 2. The topological polar surface area (TPSA) is 6.48 Å². The van der Waals surface area contributed by atoms with Crippen LogP contribution in [0.5, 0.6) is 0 Å². The van der Waals surface area contributed by atoms with Gasteiger partial charge in [-0.3, -0.25) is 9.80 Å². The maximum Gasteiger partial charge on any atom is 0.0240 e. The van der Waals surface area contributed by atoms with E-state index in [1.54, 1.807) is 0 Å². The van der Waals surface area contributed by atoms with Gasteiger partial charge in [0.15, 0.2) is 0 Å². The highest BCUT2D eigenvalue weighted by Gasteiger charge is 2.05. The predicted octanol–water partition coefficient (Wildman–Crippen LogP) is 9.75. The zero-order valence-corrected chi connectivity index (χ0v) is 28.1. The van der Waals surface area contributed by atoms with Crippen LogP contribution in [0.15, 0.2) is 109 Å². The third-order valence-electron chi connectivity index (χ3n) is 6.77. The SMILES string of the molecule is CN(C/C=C/C#CC(C)(C)C)Cc1cccc2ccccc12.CN(C/C=C/C#CC(C)(C)C)Cc1cccc2ccccc12. The molecule has 0 radical (unpaired) electrons. The lowest BCUT2D eigenvalue weighted by atomic mass is 9.98. The molecule has 44 heavy (non-hydrogen) atoms. The average molecular weight is 583 g/mol. The zero-order chi connectivity index (χ0) is 32.0. The van der Waals surface area contributed by atoms with Crippen molar-refractivity contribution in [2.75, 3.05) is 27.2 Å². The molecule has 228 valence electrons. The van der Waals surface area contributed by atoms with E-state index < -0.39 is 0 Å². The highest BCUT2D eigenvalue weighted by molar-refractivity contribution is 5.86. The second kappa shape index (κ2) is 16.7. The van der Waals surface area contributed by atoms with E-state index in [1.165, 1.54) is 32.7 Å². The van der Waals surface area contributed by atoms with Crippen molar-refractivity contribution in [3.8, 4) is 23.7 Å². The van der Waals surface area contributed by atoms with Crippen molar-refractivity contribution in [3.05, 3.63) is 120 Å². The quantitative estimate of drug-likeness (QED) is 0.191. The molecule has 4 aromatic carbocycles. The molecule has 0 amide bonds. The first-order valence-electron chi connectivity index (χ1n) is 15.6. The van der Waals surface area contributed by atoms with Crippen molar-refractivity contribution in [2.45, 2.75) is 54.6 Å². The molecule has 0 saturated carbocycles. The van der Waals surface area contributed by atoms with E-state index in [2.05, 4.69) is 186 Å². The second-order valence-electron chi connectivity index (χ2n) is 13.5. The number of hydrogen-bond donors (Lipinski definition) is 0. The summed E-state index contributed by atoms with van der Waals surface area (Å²) in [5.74, 6) is 12.7. The Bertz CT molecular complexity index is 1530. The molecular weight excluding hydrogens is 532 g/mol. The number of likely N-dealkylation sites (N-methyl/N-ethyl adjacent to an activating group) is 2. The van der Waals surface area contributed by atoms with Gasteiger partial charge in [0.05, 0.1) is 0 Å². The largest absolute Gasteiger partial charge is 0.298 e. The van der Waals surface area contributed by atoms with Gasteiger partial charge in [-0.1, -0.05) is 121 Å². The van der Waals surface area contributed by atoms with Crippen LogP contribution in [0.4, 0.5) is 0 Å². The fourth-order valence-electron chi connectivity index (χ4n) is 4.67. The molecule has 0 aliphatic heterocycles. The van der Waals surface area contributed by atoms with Crippen LogP contribution in [0.3, 0.4) is 0 Å². The van der Waals surface area contributed by atoms with Crippen molar-refractivity contribution < 1.29 is 0 Å². The van der Waals surface area contributed by atoms with Crippen LogP contribution in [0.2, 0.25) is 0 Å². The van der Waals surface area contributed by atoms with E-state index in [0.717, 1.165) is 26.2 Å². The molecule has 4 aromatic rings. The van der Waals surface area contributed by atoms with Crippen LogP contribution in [0.25, 0.3) is 21.5 Å². The summed E-state index contributed by atoms with van der Waals surface area (Å²) in [6.45, 7) is 16.4. The van der Waals surface area contributed by atoms with Crippen molar-refractivity contribution in [2.24, 2.45) is 10.8 Å². The van der Waals surface area contributed by atoms with Crippen molar-refractivity contribution in [3.63, 3.8) is 0 Å². The molecule has 0 saturated heterocycles. The predicted molar refractivity (Wildman–Crippen MR) is 193 cm³/mol. The van der Waals surface area contributed by atoms with Gasteiger partial charge in [0, 0.05) is 37.0 Å². The molecule has 2 nitrogen and oxygen atoms in total. The summed E-state index contributed by atoms with van der Waals surface area (Å²) in [5, 5.41) is 5.29. The normalized spacial score (nSPS) is 11.9. The highest BCUT2D eigenvalue weighted by Crippen LogP contribution is 2.20. The van der Waals surface area contributed by atoms with E-state index in [9.17, 15) is 0 Å². The van der Waals surface area contributed by atoms with Crippen LogP contribution in [-0.4, -0.2) is 37.0 Å². The number of rotatable bonds is 8. The molecule has 4 rings (SSSR count). The molecule has 0 unspecified atom stereocenters. The second-order valence-corrected chi connectivity index (χ2v) is 13.5. The van der Waals surface area contributed by atoms with Crippen molar-refractivity contribution in [1.82, 2.24) is 9.80 Å². The Balaban J connectivity index is 0.000000240. The molecule has 0 spiro atoms. The number of benzene rings is 4. The smallest absolute Gasteiger partial charge is 0.0240 e. The summed E-state index contributed by atoms with van der Waals surface area (Å²) in [6.07, 6.45) is 8.18. The van der Waals surface area contributed by atoms with E-state index >= 15 is 0 Å². The summed E-state index contributed by atoms with van der Waals surface area (Å²) in [7, 11) is 4.28. The molecule has 0 bridgehead atoms. The Labute approximate surface area is 267 Å². The Hall–Kier alpha value is -4.08. The van der Waals surface area contributed by atoms with E-state index in [-0.39, 0.29) is 10.8 Å². The van der Waals surface area contributed by atoms with Gasteiger partial charge in [-0.15, -0.1) is 0 Å². The summed E-state index contributed by atoms with van der Waals surface area (Å²) in [6, 6.07) is 30.1. The third-order valence-corrected chi connectivity index (χ3v) is 6.77. The minimum absolute atomic E-state index is 0.0686. The lowest BCUT2D eigenvalue weighted by Gasteiger charge is -2.15. The van der Waals surface area contributed by atoms with E-state index in [1.807, 2.05) is 12.2 Å². The summed E-state index contributed by atoms with van der Waals surface area (Å²) in [5.41, 5.74) is 2.88. The van der Waals surface area contributed by atoms with Gasteiger partial charge < -0.3 is 0 Å². The van der Waals surface area contributed by atoms with Crippen LogP contribution >= 0.6 is 0 Å². The lowest BCUT2D eigenvalue weighted by molar-refractivity contribution is 0.365. The first kappa shape index (κ1) is 34.4. The molecule has 0 fully saturated rings. The molecule has 2 heteroatoms. The maximum atomic E-state index is 3.21. The first-order valence-corrected chi connectivity index (χ1v) is 15.6. The Morgan fingerprint density at radius 1 is 0.523 bits per heavy atom. The Morgan fingerprint density at radius 2 is 0.886 bits per heavy atom. The first-order chi connectivity index (χ1) is 20.9. The van der Waals surface area contributed by atoms with Gasteiger partial charge in [0.2, 0.25) is 0 Å². The van der Waals surface area contributed by atoms with Gasteiger partial charge in [0.1, 0.15) is 0 Å². The number of allylic oxidation sites excluding steroid dienone is 2. The van der Waals surface area contributed by atoms with E-state index in [0.29, 0.717) is 0 Å². The summed E-state index contributed by atoms with van der Waals surface area (Å²) < 4.78 is 0. The monoisotopic (exact) mass is 582 g/mol. The van der Waals surface area contributed by atoms with E-state index in [4.69, 9.17) is 0 Å². The fourth-order valence-corrected chi connectivity index (χ4v) is 4.67. The molecule has 0 aliphatic carbocycles. The molecule has 0 N–H and O–H groups in total. The average Bonchev–Trinajstić information content (AvgIpc) is 2.96. The van der Waals surface area contributed by atoms with Gasteiger partial charge in [-0.2, -0.15) is 0 Å². The van der Waals surface area contributed by atoms with Crippen LogP contribution < -0.4 is 0 Å². The molecule has 0 heterocycles. The maximum absolute atomic E-state index is 3.21. The minimum atomic E-state index is 0.0686. The minimum Gasteiger partial charge on any atom is -0.298 e. The summed E-state index contributed by atoms with van der Waals surface area (Å²) >= 11 is 0. The van der Waals surface area contributed by atoms with Gasteiger partial charge >= 0.3 is 0 Å². The Kier molecular flexibility index (Phi) is 13.0. The number of hydrogen-bond acceptors (Lipinski definition) is 2.